The Balaban J connectivity index is 1.80. The van der Waals surface area contributed by atoms with E-state index in [1.807, 2.05) is 38.1 Å². The molecule has 0 radical (unpaired) electrons. The number of Topliss-reactive ketones (excluding diaryl/α,β-unsaturated/α-hetero) is 1. The summed E-state index contributed by atoms with van der Waals surface area (Å²) in [6.07, 6.45) is 3.18. The summed E-state index contributed by atoms with van der Waals surface area (Å²) >= 11 is 0. The number of ketones is 1. The summed E-state index contributed by atoms with van der Waals surface area (Å²) in [6.45, 7) is 9.36. The minimum absolute atomic E-state index is 0.110. The second-order valence-electron chi connectivity index (χ2n) is 9.13. The molecular weight excluding hydrogens is 432 g/mol. The third-order valence-corrected chi connectivity index (χ3v) is 6.79. The fraction of sp³-hybridized carbons (Fsp3) is 0.500. The number of rotatable bonds is 8. The number of ether oxygens (including phenoxy) is 1. The topological polar surface area (TPSA) is 87.9 Å². The van der Waals surface area contributed by atoms with Crippen molar-refractivity contribution >= 4 is 17.4 Å². The molecule has 0 spiro atoms. The Hall–Kier alpha value is -3.13. The van der Waals surface area contributed by atoms with Gasteiger partial charge >= 0.3 is 0 Å². The number of hydrogen-bond donors (Lipinski definition) is 1. The number of carbonyl (C=O) groups excluding carboxylic acids is 2. The van der Waals surface area contributed by atoms with Crippen molar-refractivity contribution in [2.75, 3.05) is 32.8 Å². The Morgan fingerprint density at radius 1 is 1.18 bits per heavy atom. The fourth-order valence-electron chi connectivity index (χ4n) is 4.96. The van der Waals surface area contributed by atoms with E-state index in [4.69, 9.17) is 4.74 Å². The highest BCUT2D eigenvalue weighted by atomic mass is 16.5. The molecule has 3 heterocycles. The van der Waals surface area contributed by atoms with Crippen LogP contribution in [0.4, 0.5) is 0 Å². The van der Waals surface area contributed by atoms with Crippen LogP contribution >= 0.6 is 0 Å². The summed E-state index contributed by atoms with van der Waals surface area (Å²) in [4.78, 5) is 30.5. The van der Waals surface area contributed by atoms with Crippen LogP contribution in [0.15, 0.2) is 29.8 Å². The van der Waals surface area contributed by atoms with Crippen LogP contribution in [0.5, 0.6) is 5.75 Å². The minimum atomic E-state index is -0.688. The maximum atomic E-state index is 13.3. The summed E-state index contributed by atoms with van der Waals surface area (Å²) in [7, 11) is 1.79. The van der Waals surface area contributed by atoms with E-state index in [0.29, 0.717) is 36.7 Å². The molecule has 2 saturated heterocycles. The highest BCUT2D eigenvalue weighted by Gasteiger charge is 2.46. The van der Waals surface area contributed by atoms with Crippen LogP contribution in [-0.2, 0) is 16.6 Å². The number of aromatic nitrogens is 2. The lowest BCUT2D eigenvalue weighted by Crippen LogP contribution is -2.37. The van der Waals surface area contributed by atoms with Crippen molar-refractivity contribution in [2.45, 2.75) is 46.1 Å². The van der Waals surface area contributed by atoms with Gasteiger partial charge in [0.05, 0.1) is 29.5 Å². The van der Waals surface area contributed by atoms with Crippen molar-refractivity contribution in [3.05, 3.63) is 52.4 Å². The van der Waals surface area contributed by atoms with Crippen molar-refractivity contribution in [3.8, 4) is 5.75 Å². The zero-order valence-electron chi connectivity index (χ0n) is 20.5. The summed E-state index contributed by atoms with van der Waals surface area (Å²) in [5, 5.41) is 15.8. The summed E-state index contributed by atoms with van der Waals surface area (Å²) in [5.41, 5.74) is 2.70. The van der Waals surface area contributed by atoms with E-state index in [-0.39, 0.29) is 11.3 Å². The molecule has 2 aliphatic rings. The number of likely N-dealkylation sites (tertiary alicyclic amines) is 2. The Kier molecular flexibility index (Phi) is 7.07. The number of aliphatic hydroxyl groups is 1. The van der Waals surface area contributed by atoms with Gasteiger partial charge in [-0.15, -0.1) is 0 Å². The molecule has 2 fully saturated rings. The molecule has 34 heavy (non-hydrogen) atoms. The monoisotopic (exact) mass is 466 g/mol. The van der Waals surface area contributed by atoms with Gasteiger partial charge < -0.3 is 19.6 Å². The number of benzene rings is 1. The maximum Gasteiger partial charge on any atom is 0.295 e. The van der Waals surface area contributed by atoms with Gasteiger partial charge in [-0.1, -0.05) is 19.1 Å². The van der Waals surface area contributed by atoms with Gasteiger partial charge in [-0.25, -0.2) is 0 Å². The van der Waals surface area contributed by atoms with Gasteiger partial charge in [0.1, 0.15) is 11.5 Å². The Bertz CT molecular complexity index is 1110. The number of amides is 1. The van der Waals surface area contributed by atoms with Gasteiger partial charge in [0, 0.05) is 25.8 Å². The van der Waals surface area contributed by atoms with E-state index in [9.17, 15) is 14.7 Å². The standard InChI is InChI=1S/C26H34N4O4/c1-5-15-34-20-10-8-9-19(16-20)23-22(24(31)21-17(2)27-28(4)18(21)3)25(32)26(33)30(23)14-13-29-11-6-7-12-29/h8-10,16,23,31H,5-7,11-15H2,1-4H3/b24-22+. The molecule has 8 nitrogen and oxygen atoms in total. The average molecular weight is 467 g/mol. The first-order chi connectivity index (χ1) is 16.3. The van der Waals surface area contributed by atoms with Gasteiger partial charge in [0.25, 0.3) is 11.7 Å². The molecule has 8 heteroatoms. The normalized spacial score (nSPS) is 20.5. The highest BCUT2D eigenvalue weighted by Crippen LogP contribution is 2.41. The Labute approximate surface area is 200 Å². The molecule has 0 aliphatic carbocycles. The molecule has 1 atom stereocenters. The van der Waals surface area contributed by atoms with Crippen LogP contribution in [-0.4, -0.2) is 69.2 Å². The van der Waals surface area contributed by atoms with Crippen LogP contribution in [0, 0.1) is 13.8 Å². The highest BCUT2D eigenvalue weighted by molar-refractivity contribution is 6.46. The third-order valence-electron chi connectivity index (χ3n) is 6.79. The molecule has 1 aromatic heterocycles. The zero-order chi connectivity index (χ0) is 24.4. The second kappa shape index (κ2) is 10.0. The first kappa shape index (κ1) is 24.0. The number of aliphatic hydroxyl groups excluding tert-OH is 1. The van der Waals surface area contributed by atoms with E-state index in [2.05, 4.69) is 10.00 Å². The second-order valence-corrected chi connectivity index (χ2v) is 9.13. The van der Waals surface area contributed by atoms with Gasteiger partial charge in [-0.05, 0) is 63.9 Å². The van der Waals surface area contributed by atoms with E-state index >= 15 is 0 Å². The maximum absolute atomic E-state index is 13.3. The predicted molar refractivity (Wildman–Crippen MR) is 130 cm³/mol. The molecular formula is C26H34N4O4. The van der Waals surface area contributed by atoms with Crippen LogP contribution in [0.25, 0.3) is 5.76 Å². The number of hydrogen-bond acceptors (Lipinski definition) is 6. The van der Waals surface area contributed by atoms with Gasteiger partial charge in [0.2, 0.25) is 0 Å². The van der Waals surface area contributed by atoms with Gasteiger partial charge in [-0.2, -0.15) is 5.10 Å². The molecule has 2 aliphatic heterocycles. The fourth-order valence-corrected chi connectivity index (χ4v) is 4.96. The number of carbonyl (C=O) groups is 2. The lowest BCUT2D eigenvalue weighted by Gasteiger charge is -2.27. The van der Waals surface area contributed by atoms with Crippen LogP contribution in [0.3, 0.4) is 0 Å². The van der Waals surface area contributed by atoms with Crippen LogP contribution in [0.1, 0.15) is 54.7 Å². The summed E-state index contributed by atoms with van der Waals surface area (Å²) < 4.78 is 7.49. The molecule has 1 aromatic carbocycles. The van der Waals surface area contributed by atoms with Crippen molar-refractivity contribution in [1.82, 2.24) is 19.6 Å². The van der Waals surface area contributed by atoms with E-state index < -0.39 is 17.7 Å². The molecule has 2 aromatic rings. The number of aryl methyl sites for hydroxylation is 2. The van der Waals surface area contributed by atoms with Crippen LogP contribution in [0.2, 0.25) is 0 Å². The van der Waals surface area contributed by atoms with E-state index in [0.717, 1.165) is 43.6 Å². The third kappa shape index (κ3) is 4.46. The van der Waals surface area contributed by atoms with Gasteiger partial charge in [0.15, 0.2) is 0 Å². The first-order valence-electron chi connectivity index (χ1n) is 12.1. The molecule has 0 bridgehead atoms. The Morgan fingerprint density at radius 3 is 2.56 bits per heavy atom. The van der Waals surface area contributed by atoms with E-state index in [1.165, 1.54) is 0 Å². The smallest absolute Gasteiger partial charge is 0.295 e. The quantitative estimate of drug-likeness (QED) is 0.365. The van der Waals surface area contributed by atoms with Gasteiger partial charge in [-0.3, -0.25) is 14.3 Å². The summed E-state index contributed by atoms with van der Waals surface area (Å²) in [5.74, 6) is -0.732. The molecule has 1 N–H and O–H groups in total. The summed E-state index contributed by atoms with van der Waals surface area (Å²) in [6, 6.07) is 6.79. The lowest BCUT2D eigenvalue weighted by molar-refractivity contribution is -0.140. The van der Waals surface area contributed by atoms with E-state index in [1.54, 1.807) is 23.6 Å². The SMILES string of the molecule is CCCOc1cccc(C2/C(=C(\O)c3c(C)nn(C)c3C)C(=O)C(=O)N2CCN2CCCC2)c1. The predicted octanol–water partition coefficient (Wildman–Crippen LogP) is 3.34. The molecule has 182 valence electrons. The largest absolute Gasteiger partial charge is 0.507 e. The molecule has 1 amide bonds. The zero-order valence-corrected chi connectivity index (χ0v) is 20.5. The van der Waals surface area contributed by atoms with Crippen molar-refractivity contribution in [1.29, 1.82) is 0 Å². The average Bonchev–Trinajstić information content (AvgIpc) is 3.49. The van der Waals surface area contributed by atoms with Crippen LogP contribution < -0.4 is 4.74 Å². The molecule has 1 unspecified atom stereocenters. The molecule has 4 rings (SSSR count). The number of nitrogens with zero attached hydrogens (tertiary/aromatic N) is 4. The van der Waals surface area contributed by atoms with Crippen molar-refractivity contribution in [3.63, 3.8) is 0 Å². The first-order valence-corrected chi connectivity index (χ1v) is 12.1. The molecule has 0 saturated carbocycles. The Morgan fingerprint density at radius 2 is 1.91 bits per heavy atom. The van der Waals surface area contributed by atoms with Crippen molar-refractivity contribution in [2.24, 2.45) is 7.05 Å². The lowest BCUT2D eigenvalue weighted by atomic mass is 9.94. The van der Waals surface area contributed by atoms with Crippen molar-refractivity contribution < 1.29 is 19.4 Å². The minimum Gasteiger partial charge on any atom is -0.507 e.